The molecule has 0 unspecified atom stereocenters. The molecule has 0 fully saturated rings. The molecular formula is C13H15ClN4O2. The van der Waals surface area contributed by atoms with Crippen molar-refractivity contribution in [2.24, 2.45) is 0 Å². The minimum Gasteiger partial charge on any atom is -0.379 e. The molecule has 20 heavy (non-hydrogen) atoms. The lowest BCUT2D eigenvalue weighted by Gasteiger charge is -2.08. The fourth-order valence-electron chi connectivity index (χ4n) is 1.90. The highest BCUT2D eigenvalue weighted by molar-refractivity contribution is 6.33. The number of imidazole rings is 1. The zero-order valence-corrected chi connectivity index (χ0v) is 11.6. The van der Waals surface area contributed by atoms with Crippen LogP contribution in [0.4, 0.5) is 11.4 Å². The van der Waals surface area contributed by atoms with Crippen LogP contribution in [0.15, 0.2) is 36.9 Å². The van der Waals surface area contributed by atoms with E-state index < -0.39 is 4.92 Å². The summed E-state index contributed by atoms with van der Waals surface area (Å²) in [5, 5.41) is 14.2. The van der Waals surface area contributed by atoms with Gasteiger partial charge in [-0.3, -0.25) is 10.1 Å². The van der Waals surface area contributed by atoms with E-state index in [0.29, 0.717) is 12.2 Å². The van der Waals surface area contributed by atoms with Gasteiger partial charge in [0.2, 0.25) is 0 Å². The average molecular weight is 295 g/mol. The molecule has 1 aromatic heterocycles. The van der Waals surface area contributed by atoms with E-state index in [4.69, 9.17) is 11.6 Å². The molecule has 0 bridgehead atoms. The number of aromatic nitrogens is 2. The van der Waals surface area contributed by atoms with Crippen LogP contribution in [0.1, 0.15) is 12.8 Å². The van der Waals surface area contributed by atoms with Gasteiger partial charge in [0.05, 0.1) is 11.3 Å². The van der Waals surface area contributed by atoms with Gasteiger partial charge in [0.15, 0.2) is 0 Å². The quantitative estimate of drug-likeness (QED) is 0.483. The minimum atomic E-state index is -0.462. The van der Waals surface area contributed by atoms with E-state index >= 15 is 0 Å². The molecule has 0 saturated carbocycles. The van der Waals surface area contributed by atoms with Crippen LogP contribution in [-0.4, -0.2) is 21.0 Å². The summed E-state index contributed by atoms with van der Waals surface area (Å²) in [5.74, 6) is 0. The number of benzene rings is 1. The molecule has 0 radical (unpaired) electrons. The predicted molar refractivity (Wildman–Crippen MR) is 78.1 cm³/mol. The number of anilines is 1. The molecule has 2 aromatic rings. The van der Waals surface area contributed by atoms with E-state index in [1.807, 2.05) is 10.8 Å². The average Bonchev–Trinajstić information content (AvgIpc) is 2.91. The topological polar surface area (TPSA) is 73.0 Å². The number of nitrogens with one attached hydrogen (secondary N) is 1. The van der Waals surface area contributed by atoms with Gasteiger partial charge in [0.25, 0.3) is 0 Å². The number of hydrogen-bond acceptors (Lipinski definition) is 4. The Balaban J connectivity index is 1.82. The largest absolute Gasteiger partial charge is 0.379 e. The highest BCUT2D eigenvalue weighted by Gasteiger charge is 2.17. The van der Waals surface area contributed by atoms with Gasteiger partial charge >= 0.3 is 5.69 Å². The Labute approximate surface area is 121 Å². The molecule has 0 saturated heterocycles. The Hall–Kier alpha value is -2.08. The summed E-state index contributed by atoms with van der Waals surface area (Å²) in [4.78, 5) is 14.5. The molecule has 6 nitrogen and oxygen atoms in total. The Morgan fingerprint density at radius 3 is 2.95 bits per heavy atom. The van der Waals surface area contributed by atoms with Crippen LogP contribution < -0.4 is 5.32 Å². The Bertz CT molecular complexity index is 572. The zero-order chi connectivity index (χ0) is 14.4. The second-order valence-electron chi connectivity index (χ2n) is 4.33. The van der Waals surface area contributed by atoms with Crippen LogP contribution in [0.2, 0.25) is 5.02 Å². The first kappa shape index (κ1) is 14.3. The monoisotopic (exact) mass is 294 g/mol. The van der Waals surface area contributed by atoms with Gasteiger partial charge in [-0.25, -0.2) is 4.98 Å². The Kier molecular flexibility index (Phi) is 4.95. The summed E-state index contributed by atoms with van der Waals surface area (Å²) < 4.78 is 2.00. The van der Waals surface area contributed by atoms with Crippen molar-refractivity contribution >= 4 is 23.0 Å². The van der Waals surface area contributed by atoms with Crippen molar-refractivity contribution in [1.29, 1.82) is 0 Å². The van der Waals surface area contributed by atoms with Gasteiger partial charge in [-0.2, -0.15) is 0 Å². The molecule has 1 N–H and O–H groups in total. The summed E-state index contributed by atoms with van der Waals surface area (Å²) in [6.07, 6.45) is 7.30. The summed E-state index contributed by atoms with van der Waals surface area (Å²) >= 11 is 5.84. The van der Waals surface area contributed by atoms with Crippen molar-refractivity contribution in [2.75, 3.05) is 11.9 Å². The molecule has 106 valence electrons. The number of halogens is 1. The first-order chi connectivity index (χ1) is 9.68. The lowest BCUT2D eigenvalue weighted by Crippen LogP contribution is -2.06. The molecule has 0 aliphatic carbocycles. The first-order valence-corrected chi connectivity index (χ1v) is 6.69. The number of unbranched alkanes of at least 4 members (excludes halogenated alkanes) is 1. The van der Waals surface area contributed by atoms with Gasteiger partial charge in [-0.1, -0.05) is 17.7 Å². The van der Waals surface area contributed by atoms with Crippen molar-refractivity contribution in [3.8, 4) is 0 Å². The van der Waals surface area contributed by atoms with E-state index in [1.165, 1.54) is 6.07 Å². The zero-order valence-electron chi connectivity index (χ0n) is 10.8. The van der Waals surface area contributed by atoms with Crippen LogP contribution in [0.5, 0.6) is 0 Å². The predicted octanol–water partition coefficient (Wildman–Crippen LogP) is 3.34. The van der Waals surface area contributed by atoms with Crippen LogP contribution in [0.25, 0.3) is 0 Å². The third kappa shape index (κ3) is 3.71. The number of nitro benzene ring substituents is 1. The van der Waals surface area contributed by atoms with Gasteiger partial charge in [-0.05, 0) is 25.0 Å². The highest BCUT2D eigenvalue weighted by Crippen LogP contribution is 2.32. The maximum Gasteiger partial charge on any atom is 0.310 e. The summed E-state index contributed by atoms with van der Waals surface area (Å²) in [6, 6.07) is 4.88. The number of para-hydroxylation sites is 1. The van der Waals surface area contributed by atoms with Gasteiger partial charge in [0.1, 0.15) is 10.7 Å². The lowest BCUT2D eigenvalue weighted by molar-refractivity contribution is -0.383. The lowest BCUT2D eigenvalue weighted by atomic mass is 10.2. The molecular weight excluding hydrogens is 280 g/mol. The van der Waals surface area contributed by atoms with Crippen molar-refractivity contribution in [1.82, 2.24) is 9.55 Å². The third-order valence-electron chi connectivity index (χ3n) is 2.89. The molecule has 0 aliphatic rings. The van der Waals surface area contributed by atoms with Gasteiger partial charge in [0, 0.05) is 25.5 Å². The normalized spacial score (nSPS) is 10.4. The van der Waals surface area contributed by atoms with Gasteiger partial charge < -0.3 is 9.88 Å². The van der Waals surface area contributed by atoms with Crippen LogP contribution in [0.3, 0.4) is 0 Å². The minimum absolute atomic E-state index is 0.0659. The summed E-state index contributed by atoms with van der Waals surface area (Å²) in [5.41, 5.74) is 0.397. The molecule has 7 heteroatoms. The molecule has 0 aliphatic heterocycles. The molecule has 1 aromatic carbocycles. The van der Waals surface area contributed by atoms with E-state index in [9.17, 15) is 10.1 Å². The van der Waals surface area contributed by atoms with Crippen LogP contribution in [-0.2, 0) is 6.54 Å². The van der Waals surface area contributed by atoms with Crippen LogP contribution >= 0.6 is 11.6 Å². The summed E-state index contributed by atoms with van der Waals surface area (Å²) in [6.45, 7) is 1.55. The Morgan fingerprint density at radius 2 is 2.25 bits per heavy atom. The van der Waals surface area contributed by atoms with Crippen molar-refractivity contribution < 1.29 is 4.92 Å². The molecule has 2 rings (SSSR count). The standard InChI is InChI=1S/C13H15ClN4O2/c14-11-4-3-5-12(13(11)18(19)20)16-6-1-2-8-17-9-7-15-10-17/h3-5,7,9-10,16H,1-2,6,8H2. The molecule has 0 amide bonds. The smallest absolute Gasteiger partial charge is 0.310 e. The van der Waals surface area contributed by atoms with E-state index in [2.05, 4.69) is 10.3 Å². The Morgan fingerprint density at radius 1 is 1.40 bits per heavy atom. The fraction of sp³-hybridized carbons (Fsp3) is 0.308. The second-order valence-corrected chi connectivity index (χ2v) is 4.73. The van der Waals surface area contributed by atoms with Crippen molar-refractivity contribution in [3.63, 3.8) is 0 Å². The number of nitrogens with zero attached hydrogens (tertiary/aromatic N) is 3. The summed E-state index contributed by atoms with van der Waals surface area (Å²) in [7, 11) is 0. The van der Waals surface area contributed by atoms with E-state index in [0.717, 1.165) is 19.4 Å². The van der Waals surface area contributed by atoms with E-state index in [-0.39, 0.29) is 10.7 Å². The maximum atomic E-state index is 11.0. The highest BCUT2D eigenvalue weighted by atomic mass is 35.5. The fourth-order valence-corrected chi connectivity index (χ4v) is 2.15. The van der Waals surface area contributed by atoms with Gasteiger partial charge in [-0.15, -0.1) is 0 Å². The van der Waals surface area contributed by atoms with Crippen molar-refractivity contribution in [2.45, 2.75) is 19.4 Å². The first-order valence-electron chi connectivity index (χ1n) is 6.31. The maximum absolute atomic E-state index is 11.0. The van der Waals surface area contributed by atoms with Crippen molar-refractivity contribution in [3.05, 3.63) is 52.1 Å². The number of rotatable bonds is 7. The number of nitro groups is 1. The molecule has 0 spiro atoms. The second kappa shape index (κ2) is 6.91. The SMILES string of the molecule is O=[N+]([O-])c1c(Cl)cccc1NCCCCn1ccnc1. The van der Waals surface area contributed by atoms with Crippen LogP contribution in [0, 0.1) is 10.1 Å². The number of aryl methyl sites for hydroxylation is 1. The third-order valence-corrected chi connectivity index (χ3v) is 3.19. The molecule has 0 atom stereocenters. The number of hydrogen-bond donors (Lipinski definition) is 1. The molecule has 1 heterocycles. The van der Waals surface area contributed by atoms with E-state index in [1.54, 1.807) is 24.7 Å².